The lowest BCUT2D eigenvalue weighted by Crippen LogP contribution is -2.12. The van der Waals surface area contributed by atoms with Gasteiger partial charge in [-0.2, -0.15) is 0 Å². The van der Waals surface area contributed by atoms with Gasteiger partial charge in [-0.1, -0.05) is 11.6 Å². The van der Waals surface area contributed by atoms with Gasteiger partial charge < -0.3 is 10.8 Å². The lowest BCUT2D eigenvalue weighted by molar-refractivity contribution is 0.186. The molecule has 0 aromatic heterocycles. The number of halogens is 3. The summed E-state index contributed by atoms with van der Waals surface area (Å²) < 4.78 is 25.6. The molecule has 1 aromatic rings. The Morgan fingerprint density at radius 2 is 1.85 bits per heavy atom. The van der Waals surface area contributed by atoms with Crippen LogP contribution in [0.5, 0.6) is 0 Å². The molecule has 0 spiro atoms. The van der Waals surface area contributed by atoms with Crippen molar-refractivity contribution in [2.45, 2.75) is 6.10 Å². The zero-order valence-electron chi connectivity index (χ0n) is 6.60. The quantitative estimate of drug-likeness (QED) is 0.724. The minimum absolute atomic E-state index is 0.0851. The van der Waals surface area contributed by atoms with Gasteiger partial charge in [0.1, 0.15) is 16.7 Å². The van der Waals surface area contributed by atoms with Gasteiger partial charge in [-0.05, 0) is 17.7 Å². The molecule has 0 aliphatic heterocycles. The maximum absolute atomic E-state index is 12.8. The number of aliphatic hydroxyl groups is 1. The molecule has 0 heterocycles. The maximum atomic E-state index is 12.8. The van der Waals surface area contributed by atoms with Crippen LogP contribution in [0.15, 0.2) is 12.1 Å². The first-order valence-corrected chi connectivity index (χ1v) is 3.96. The van der Waals surface area contributed by atoms with Gasteiger partial charge in [0.2, 0.25) is 0 Å². The van der Waals surface area contributed by atoms with Crippen LogP contribution < -0.4 is 5.73 Å². The Morgan fingerprint density at radius 1 is 1.38 bits per heavy atom. The molecule has 0 aliphatic carbocycles. The van der Waals surface area contributed by atoms with Crippen molar-refractivity contribution >= 4 is 11.6 Å². The first-order chi connectivity index (χ1) is 6.06. The molecule has 0 radical (unpaired) electrons. The number of hydrogen-bond donors (Lipinski definition) is 2. The summed E-state index contributed by atoms with van der Waals surface area (Å²) in [5, 5.41) is 8.59. The molecule has 1 rings (SSSR count). The molecular weight excluding hydrogens is 200 g/mol. The van der Waals surface area contributed by atoms with Crippen LogP contribution in [0.2, 0.25) is 5.02 Å². The summed E-state index contributed by atoms with van der Waals surface area (Å²) >= 11 is 5.23. The molecule has 1 atom stereocenters. The van der Waals surface area contributed by atoms with Crippen molar-refractivity contribution in [3.63, 3.8) is 0 Å². The summed E-state index contributed by atoms with van der Waals surface area (Å²) in [6, 6.07) is 1.92. The van der Waals surface area contributed by atoms with E-state index in [9.17, 15) is 8.78 Å². The summed E-state index contributed by atoms with van der Waals surface area (Å²) in [4.78, 5) is 0. The Labute approximate surface area is 78.9 Å². The zero-order valence-corrected chi connectivity index (χ0v) is 7.35. The zero-order chi connectivity index (χ0) is 10.0. The third kappa shape index (κ3) is 2.15. The molecule has 72 valence electrons. The van der Waals surface area contributed by atoms with E-state index in [-0.39, 0.29) is 12.1 Å². The van der Waals surface area contributed by atoms with Crippen molar-refractivity contribution in [3.8, 4) is 0 Å². The molecule has 5 heteroatoms. The summed E-state index contributed by atoms with van der Waals surface area (Å²) in [7, 11) is 0. The maximum Gasteiger partial charge on any atom is 0.145 e. The molecule has 1 unspecified atom stereocenters. The van der Waals surface area contributed by atoms with Crippen LogP contribution in [0.4, 0.5) is 8.78 Å². The fourth-order valence-electron chi connectivity index (χ4n) is 0.904. The fraction of sp³-hybridized carbons (Fsp3) is 0.250. The van der Waals surface area contributed by atoms with Crippen molar-refractivity contribution in [1.29, 1.82) is 0 Å². The van der Waals surface area contributed by atoms with Gasteiger partial charge in [0.05, 0.1) is 6.10 Å². The van der Waals surface area contributed by atoms with Crippen LogP contribution in [0.25, 0.3) is 0 Å². The van der Waals surface area contributed by atoms with Gasteiger partial charge in [0, 0.05) is 6.54 Å². The lowest BCUT2D eigenvalue weighted by atomic mass is 10.1. The van der Waals surface area contributed by atoms with Crippen molar-refractivity contribution < 1.29 is 13.9 Å². The smallest absolute Gasteiger partial charge is 0.145 e. The molecule has 1 aromatic carbocycles. The lowest BCUT2D eigenvalue weighted by Gasteiger charge is -2.08. The van der Waals surface area contributed by atoms with Crippen LogP contribution in [0.3, 0.4) is 0 Å². The van der Waals surface area contributed by atoms with E-state index >= 15 is 0 Å². The van der Waals surface area contributed by atoms with Crippen molar-refractivity contribution in [2.75, 3.05) is 6.54 Å². The van der Waals surface area contributed by atoms with E-state index < -0.39 is 22.8 Å². The SMILES string of the molecule is NCC(O)c1cc(F)c(Cl)c(F)c1. The highest BCUT2D eigenvalue weighted by Gasteiger charge is 2.12. The Balaban J connectivity index is 3.13. The highest BCUT2D eigenvalue weighted by molar-refractivity contribution is 6.30. The third-order valence-corrected chi connectivity index (χ3v) is 1.98. The van der Waals surface area contributed by atoms with Crippen molar-refractivity contribution in [3.05, 3.63) is 34.4 Å². The fourth-order valence-corrected chi connectivity index (χ4v) is 1.01. The molecule has 0 aliphatic rings. The van der Waals surface area contributed by atoms with E-state index in [1.807, 2.05) is 0 Å². The van der Waals surface area contributed by atoms with Gasteiger partial charge in [-0.3, -0.25) is 0 Å². The largest absolute Gasteiger partial charge is 0.387 e. The summed E-state index contributed by atoms with van der Waals surface area (Å²) in [6.07, 6.45) is -1.07. The van der Waals surface area contributed by atoms with E-state index in [4.69, 9.17) is 22.4 Å². The standard InChI is InChI=1S/C8H8ClF2NO/c9-8-5(10)1-4(2-6(8)11)7(13)3-12/h1-2,7,13H,3,12H2. The number of hydrogen-bond acceptors (Lipinski definition) is 2. The average Bonchev–Trinajstić information content (AvgIpc) is 2.12. The third-order valence-electron chi connectivity index (χ3n) is 1.61. The highest BCUT2D eigenvalue weighted by atomic mass is 35.5. The van der Waals surface area contributed by atoms with Crippen molar-refractivity contribution in [1.82, 2.24) is 0 Å². The summed E-state index contributed by atoms with van der Waals surface area (Å²) in [6.45, 7) is -0.0967. The van der Waals surface area contributed by atoms with E-state index in [0.717, 1.165) is 12.1 Å². The van der Waals surface area contributed by atoms with E-state index in [1.54, 1.807) is 0 Å². The molecule has 0 saturated carbocycles. The molecule has 0 saturated heterocycles. The second-order valence-electron chi connectivity index (χ2n) is 2.55. The van der Waals surface area contributed by atoms with Crippen LogP contribution in [0.1, 0.15) is 11.7 Å². The molecule has 2 nitrogen and oxygen atoms in total. The second-order valence-corrected chi connectivity index (χ2v) is 2.93. The van der Waals surface area contributed by atoms with Gasteiger partial charge in [0.25, 0.3) is 0 Å². The summed E-state index contributed by atoms with van der Waals surface area (Å²) in [5.41, 5.74) is 5.20. The van der Waals surface area contributed by atoms with Crippen LogP contribution in [-0.4, -0.2) is 11.7 Å². The number of benzene rings is 1. The van der Waals surface area contributed by atoms with Crippen LogP contribution in [0, 0.1) is 11.6 Å². The van der Waals surface area contributed by atoms with Crippen molar-refractivity contribution in [2.24, 2.45) is 5.73 Å². The first-order valence-electron chi connectivity index (χ1n) is 3.59. The first kappa shape index (κ1) is 10.4. The van der Waals surface area contributed by atoms with Gasteiger partial charge >= 0.3 is 0 Å². The van der Waals surface area contributed by atoms with E-state index in [2.05, 4.69) is 0 Å². The molecule has 13 heavy (non-hydrogen) atoms. The molecular formula is C8H8ClF2NO. The van der Waals surface area contributed by atoms with E-state index in [0.29, 0.717) is 0 Å². The Morgan fingerprint density at radius 3 is 2.23 bits per heavy atom. The van der Waals surface area contributed by atoms with Gasteiger partial charge in [0.15, 0.2) is 0 Å². The molecule has 0 fully saturated rings. The molecule has 3 N–H and O–H groups in total. The average molecular weight is 208 g/mol. The van der Waals surface area contributed by atoms with E-state index in [1.165, 1.54) is 0 Å². The topological polar surface area (TPSA) is 46.2 Å². The predicted molar refractivity (Wildman–Crippen MR) is 45.4 cm³/mol. The Bertz CT molecular complexity index is 296. The Kier molecular flexibility index (Phi) is 3.19. The number of aliphatic hydroxyl groups excluding tert-OH is 1. The molecule has 0 amide bonds. The van der Waals surface area contributed by atoms with Gasteiger partial charge in [-0.15, -0.1) is 0 Å². The normalized spacial score (nSPS) is 13.0. The predicted octanol–water partition coefficient (Wildman–Crippen LogP) is 1.61. The second kappa shape index (κ2) is 4.00. The highest BCUT2D eigenvalue weighted by Crippen LogP contribution is 2.23. The summed E-state index contributed by atoms with van der Waals surface area (Å²) in [5.74, 6) is -1.80. The minimum Gasteiger partial charge on any atom is -0.387 e. The van der Waals surface area contributed by atoms with Crippen LogP contribution >= 0.6 is 11.6 Å². The molecule has 0 bridgehead atoms. The number of rotatable bonds is 2. The van der Waals surface area contributed by atoms with Crippen LogP contribution in [-0.2, 0) is 0 Å². The Hall–Kier alpha value is -0.710. The number of nitrogens with two attached hydrogens (primary N) is 1. The monoisotopic (exact) mass is 207 g/mol. The minimum atomic E-state index is -1.07. The van der Waals surface area contributed by atoms with Gasteiger partial charge in [-0.25, -0.2) is 8.78 Å².